The SMILES string of the molecule is COc1cc([C@H]2[C@H]3C(=O)N(c4ccc(Cl)cc4)C(=O)[C@H]3ON2c2ccc([N+](=O)[O-])cc2)ccc1O. The molecule has 11 heteroatoms. The number of aromatic hydroxyl groups is 1. The van der Waals surface area contributed by atoms with Crippen molar-refractivity contribution in [2.75, 3.05) is 17.1 Å². The summed E-state index contributed by atoms with van der Waals surface area (Å²) in [6.45, 7) is 0. The van der Waals surface area contributed by atoms with Gasteiger partial charge in [-0.05, 0) is 54.1 Å². The topological polar surface area (TPSA) is 122 Å². The van der Waals surface area contributed by atoms with Crippen molar-refractivity contribution in [3.05, 3.63) is 87.4 Å². The lowest BCUT2D eigenvalue weighted by Crippen LogP contribution is -2.37. The zero-order chi connectivity index (χ0) is 24.9. The zero-order valence-corrected chi connectivity index (χ0v) is 19.0. The van der Waals surface area contributed by atoms with Crippen LogP contribution in [0.25, 0.3) is 0 Å². The smallest absolute Gasteiger partial charge is 0.269 e. The van der Waals surface area contributed by atoms with Gasteiger partial charge in [0, 0.05) is 17.2 Å². The van der Waals surface area contributed by atoms with Crippen molar-refractivity contribution in [2.24, 2.45) is 5.92 Å². The zero-order valence-electron chi connectivity index (χ0n) is 18.2. The molecule has 2 fully saturated rings. The fourth-order valence-corrected chi connectivity index (χ4v) is 4.55. The lowest BCUT2D eigenvalue weighted by Gasteiger charge is -2.29. The number of amides is 2. The van der Waals surface area contributed by atoms with Gasteiger partial charge in [-0.25, -0.2) is 9.96 Å². The van der Waals surface area contributed by atoms with E-state index in [2.05, 4.69) is 0 Å². The number of carbonyl (C=O) groups excluding carboxylic acids is 2. The molecular formula is C24H18ClN3O7. The predicted octanol–water partition coefficient (Wildman–Crippen LogP) is 4.01. The Hall–Kier alpha value is -4.15. The normalized spacial score (nSPS) is 21.4. The van der Waals surface area contributed by atoms with Gasteiger partial charge in [-0.1, -0.05) is 17.7 Å². The summed E-state index contributed by atoms with van der Waals surface area (Å²) in [4.78, 5) is 44.6. The summed E-state index contributed by atoms with van der Waals surface area (Å²) >= 11 is 5.95. The van der Waals surface area contributed by atoms with Gasteiger partial charge in [0.2, 0.25) is 5.91 Å². The molecule has 2 aliphatic rings. The van der Waals surface area contributed by atoms with E-state index in [-0.39, 0.29) is 17.2 Å². The largest absolute Gasteiger partial charge is 0.504 e. The number of phenols is 1. The van der Waals surface area contributed by atoms with E-state index >= 15 is 0 Å². The number of rotatable bonds is 5. The van der Waals surface area contributed by atoms with Crippen LogP contribution < -0.4 is 14.7 Å². The maximum atomic E-state index is 13.6. The first-order valence-electron chi connectivity index (χ1n) is 10.5. The average molecular weight is 496 g/mol. The first-order chi connectivity index (χ1) is 16.8. The van der Waals surface area contributed by atoms with Crippen molar-refractivity contribution in [3.8, 4) is 11.5 Å². The minimum absolute atomic E-state index is 0.0924. The number of non-ortho nitro benzene ring substituents is 1. The Balaban J connectivity index is 1.59. The molecule has 5 rings (SSSR count). The number of carbonyl (C=O) groups is 2. The van der Waals surface area contributed by atoms with Crippen molar-refractivity contribution < 1.29 is 29.2 Å². The third-order valence-corrected chi connectivity index (χ3v) is 6.31. The van der Waals surface area contributed by atoms with Crippen LogP contribution in [0.1, 0.15) is 11.6 Å². The number of nitro benzene ring substituents is 1. The van der Waals surface area contributed by atoms with Gasteiger partial charge in [0.25, 0.3) is 11.6 Å². The molecule has 0 radical (unpaired) electrons. The minimum atomic E-state index is -1.13. The monoisotopic (exact) mass is 495 g/mol. The summed E-state index contributed by atoms with van der Waals surface area (Å²) in [5, 5.41) is 23.0. The molecule has 0 aliphatic carbocycles. The molecule has 3 atom stereocenters. The molecule has 2 heterocycles. The third kappa shape index (κ3) is 3.72. The van der Waals surface area contributed by atoms with Crippen LogP contribution in [-0.4, -0.2) is 35.1 Å². The van der Waals surface area contributed by atoms with Crippen molar-refractivity contribution in [1.82, 2.24) is 0 Å². The lowest BCUT2D eigenvalue weighted by atomic mass is 9.90. The molecule has 1 N–H and O–H groups in total. The number of phenolic OH excluding ortho intramolecular Hbond substituents is 1. The van der Waals surface area contributed by atoms with Gasteiger partial charge in [-0.3, -0.25) is 24.5 Å². The first kappa shape index (κ1) is 22.6. The predicted molar refractivity (Wildman–Crippen MR) is 125 cm³/mol. The number of benzene rings is 3. The molecule has 35 heavy (non-hydrogen) atoms. The summed E-state index contributed by atoms with van der Waals surface area (Å²) in [6.07, 6.45) is -1.13. The Kier molecular flexibility index (Phi) is 5.54. The van der Waals surface area contributed by atoms with Crippen LogP contribution in [0, 0.1) is 16.0 Å². The number of nitrogens with zero attached hydrogens (tertiary/aromatic N) is 3. The Morgan fingerprint density at radius 3 is 2.29 bits per heavy atom. The molecule has 3 aromatic carbocycles. The minimum Gasteiger partial charge on any atom is -0.504 e. The van der Waals surface area contributed by atoms with Crippen LogP contribution in [0.3, 0.4) is 0 Å². The van der Waals surface area contributed by atoms with Crippen LogP contribution in [0.4, 0.5) is 17.1 Å². The number of nitro groups is 1. The van der Waals surface area contributed by atoms with Crippen molar-refractivity contribution in [2.45, 2.75) is 12.1 Å². The molecule has 3 aromatic rings. The van der Waals surface area contributed by atoms with Gasteiger partial charge in [-0.15, -0.1) is 0 Å². The molecule has 0 spiro atoms. The molecule has 0 bridgehead atoms. The molecule has 0 aromatic heterocycles. The highest BCUT2D eigenvalue weighted by Gasteiger charge is 2.60. The molecular weight excluding hydrogens is 478 g/mol. The van der Waals surface area contributed by atoms with Gasteiger partial charge in [0.05, 0.1) is 29.4 Å². The van der Waals surface area contributed by atoms with Crippen molar-refractivity contribution >= 4 is 40.5 Å². The average Bonchev–Trinajstić information content (AvgIpc) is 3.36. The Bertz CT molecular complexity index is 1330. The lowest BCUT2D eigenvalue weighted by molar-refractivity contribution is -0.384. The molecule has 2 saturated heterocycles. The number of hydrogen-bond donors (Lipinski definition) is 1. The summed E-state index contributed by atoms with van der Waals surface area (Å²) in [6, 6.07) is 15.7. The maximum absolute atomic E-state index is 13.6. The van der Waals surface area contributed by atoms with Gasteiger partial charge in [0.1, 0.15) is 5.92 Å². The number of anilines is 2. The number of fused-ring (bicyclic) bond motifs is 1. The Labute approximate surface area is 203 Å². The van der Waals surface area contributed by atoms with E-state index in [0.29, 0.717) is 22.0 Å². The summed E-state index contributed by atoms with van der Waals surface area (Å²) in [5.74, 6) is -1.85. The molecule has 0 unspecified atom stereocenters. The highest BCUT2D eigenvalue weighted by Crippen LogP contribution is 2.48. The molecule has 0 saturated carbocycles. The van der Waals surface area contributed by atoms with Crippen LogP contribution in [0.2, 0.25) is 5.02 Å². The van der Waals surface area contributed by atoms with E-state index in [1.165, 1.54) is 42.5 Å². The summed E-state index contributed by atoms with van der Waals surface area (Å²) < 4.78 is 5.23. The first-order valence-corrected chi connectivity index (χ1v) is 10.9. The van der Waals surface area contributed by atoms with Gasteiger partial charge in [-0.2, -0.15) is 0 Å². The number of methoxy groups -OCH3 is 1. The van der Waals surface area contributed by atoms with Crippen LogP contribution in [0.5, 0.6) is 11.5 Å². The second-order valence-corrected chi connectivity index (χ2v) is 8.45. The van der Waals surface area contributed by atoms with Gasteiger partial charge in [0.15, 0.2) is 17.6 Å². The van der Waals surface area contributed by atoms with Crippen molar-refractivity contribution in [3.63, 3.8) is 0 Å². The quantitative estimate of drug-likeness (QED) is 0.320. The number of hydrogen-bond acceptors (Lipinski definition) is 8. The fraction of sp³-hybridized carbons (Fsp3) is 0.167. The summed E-state index contributed by atoms with van der Waals surface area (Å²) in [5.41, 5.74) is 1.22. The molecule has 2 amide bonds. The number of ether oxygens (including phenoxy) is 1. The third-order valence-electron chi connectivity index (χ3n) is 6.06. The van der Waals surface area contributed by atoms with Crippen LogP contribution in [0.15, 0.2) is 66.7 Å². The molecule has 10 nitrogen and oxygen atoms in total. The van der Waals surface area contributed by atoms with Crippen LogP contribution in [-0.2, 0) is 14.4 Å². The number of halogens is 1. The van der Waals surface area contributed by atoms with Crippen LogP contribution >= 0.6 is 11.6 Å². The van der Waals surface area contributed by atoms with Gasteiger partial charge < -0.3 is 9.84 Å². The number of hydroxylamine groups is 1. The highest BCUT2D eigenvalue weighted by molar-refractivity contribution is 6.31. The fourth-order valence-electron chi connectivity index (χ4n) is 4.42. The Morgan fingerprint density at radius 2 is 1.66 bits per heavy atom. The Morgan fingerprint density at radius 1 is 1.00 bits per heavy atom. The van der Waals surface area contributed by atoms with E-state index in [9.17, 15) is 24.8 Å². The number of imide groups is 1. The van der Waals surface area contributed by atoms with E-state index in [0.717, 1.165) is 4.90 Å². The van der Waals surface area contributed by atoms with E-state index < -0.39 is 34.8 Å². The standard InChI is InChI=1S/C24H18ClN3O7/c1-34-19-12-13(2-11-18(19)29)21-20-22(35-27(21)16-7-9-17(10-8-16)28(32)33)24(31)26(23(20)30)15-5-3-14(25)4-6-15/h2-12,20-22,29H,1H3/t20-,21+,22+/m1/s1. The molecule has 2 aliphatic heterocycles. The second kappa shape index (κ2) is 8.57. The second-order valence-electron chi connectivity index (χ2n) is 8.02. The van der Waals surface area contributed by atoms with E-state index in [1.54, 1.807) is 36.4 Å². The highest BCUT2D eigenvalue weighted by atomic mass is 35.5. The van der Waals surface area contributed by atoms with Crippen molar-refractivity contribution in [1.29, 1.82) is 0 Å². The van der Waals surface area contributed by atoms with E-state index in [4.69, 9.17) is 21.2 Å². The molecule has 178 valence electrons. The summed E-state index contributed by atoms with van der Waals surface area (Å²) in [7, 11) is 1.40. The van der Waals surface area contributed by atoms with Gasteiger partial charge >= 0.3 is 0 Å². The van der Waals surface area contributed by atoms with E-state index in [1.807, 2.05) is 0 Å². The maximum Gasteiger partial charge on any atom is 0.269 e.